The lowest BCUT2D eigenvalue weighted by atomic mass is 9.84. The van der Waals surface area contributed by atoms with Gasteiger partial charge in [0, 0.05) is 56.0 Å². The Labute approximate surface area is 496 Å². The Balaban J connectivity index is 2.38. The molecule has 1 aliphatic heterocycles. The van der Waals surface area contributed by atoms with Crippen molar-refractivity contribution in [1.82, 2.24) is 30.7 Å². The lowest BCUT2D eigenvalue weighted by Crippen LogP contribution is -2.58. The van der Waals surface area contributed by atoms with Crippen molar-refractivity contribution < 1.29 is 61.8 Å². The molecule has 0 radical (unpaired) electrons. The number of ether oxygens (including phenoxy) is 9. The van der Waals surface area contributed by atoms with E-state index in [-0.39, 0.29) is 48.4 Å². The average molecular weight is 1170 g/mol. The molecule has 1 heterocycles. The van der Waals surface area contributed by atoms with Crippen LogP contribution in [0.3, 0.4) is 0 Å². The molecule has 1 aliphatic rings. The van der Waals surface area contributed by atoms with Gasteiger partial charge in [0.2, 0.25) is 0 Å². The predicted octanol–water partition coefficient (Wildman–Crippen LogP) is 10.1. The maximum atomic E-state index is 13.8. The van der Waals surface area contributed by atoms with Crippen LogP contribution in [0.1, 0.15) is 168 Å². The van der Waals surface area contributed by atoms with Gasteiger partial charge in [0.1, 0.15) is 13.2 Å². The molecule has 1 rings (SSSR count). The van der Waals surface area contributed by atoms with E-state index in [0.29, 0.717) is 119 Å². The van der Waals surface area contributed by atoms with Gasteiger partial charge in [-0.05, 0) is 110 Å². The molecule has 82 heavy (non-hydrogen) atoms. The monoisotopic (exact) mass is 1160 g/mol. The number of unbranched alkanes of at least 4 members (excludes halogenated alkanes) is 13. The summed E-state index contributed by atoms with van der Waals surface area (Å²) in [5.74, 6) is -1.10. The van der Waals surface area contributed by atoms with Crippen LogP contribution >= 0.6 is 0 Å². The number of nitrogens with one attached hydrogen (secondary N) is 3. The summed E-state index contributed by atoms with van der Waals surface area (Å²) in [6.07, 6.45) is 27.4. The number of hydrogen-bond acceptors (Lipinski definition) is 17. The Morgan fingerprint density at radius 3 is 1.32 bits per heavy atom. The molecule has 1 fully saturated rings. The highest BCUT2D eigenvalue weighted by Crippen LogP contribution is 2.27. The maximum Gasteiger partial charge on any atom is 0.330 e. The summed E-state index contributed by atoms with van der Waals surface area (Å²) in [6, 6.07) is 0.169. The molecular formula is C63H116N6O13. The standard InChI is InChI=1S/C63H116N6O13/c1-8-41-74-48-62(12-5,13-6)49-78-54-65-37-27-17-20-30-40-69-57-67(38-28-18-15-25-36-66-55-79-52-63(14-7,50-75-42-9-2)51-76-43-10-3)56-68(61(69)73)39-29-19-16-26-35-64-53-77-44-31-21-23-33-59(71)80-45-32-22-24-34-60(72)82-47-46-81-58(70)11-4/h8-11,64-66H,1-4,12-57H2,5-7H3. The highest BCUT2D eigenvalue weighted by molar-refractivity contribution is 5.81. The molecule has 0 saturated carbocycles. The summed E-state index contributed by atoms with van der Waals surface area (Å²) >= 11 is 0. The van der Waals surface area contributed by atoms with Gasteiger partial charge in [-0.3, -0.25) is 30.4 Å². The first-order chi connectivity index (χ1) is 40.1. The van der Waals surface area contributed by atoms with E-state index >= 15 is 0 Å². The molecule has 0 aliphatic carbocycles. The van der Waals surface area contributed by atoms with Crippen LogP contribution < -0.4 is 16.0 Å². The fourth-order valence-corrected chi connectivity index (χ4v) is 9.21. The second-order valence-corrected chi connectivity index (χ2v) is 21.7. The Morgan fingerprint density at radius 1 is 0.451 bits per heavy atom. The van der Waals surface area contributed by atoms with Crippen LogP contribution in [0.4, 0.5) is 4.79 Å². The SMILES string of the molecule is C=CCOCC(CC)(CC)COCNCCCCCCN1CN(CCCCCCNCOCC(CC)(COCC=C)COCC=C)CN(CCCCCCNCOCCCCCC(=O)OCCCCCC(=O)OCCOC(=O)C=C)C1=O. The molecule has 0 spiro atoms. The minimum Gasteiger partial charge on any atom is -0.466 e. The average Bonchev–Trinajstić information content (AvgIpc) is 3.55. The minimum absolute atomic E-state index is 0.00350. The number of rotatable bonds is 62. The number of nitrogens with zero attached hydrogens (tertiary/aromatic N) is 3. The van der Waals surface area contributed by atoms with Crippen LogP contribution in [0.5, 0.6) is 0 Å². The number of esters is 3. The topological polar surface area (TPSA) is 197 Å². The number of urea groups is 1. The zero-order valence-electron chi connectivity index (χ0n) is 51.8. The summed E-state index contributed by atoms with van der Waals surface area (Å²) in [5, 5.41) is 10.3. The van der Waals surface area contributed by atoms with Crippen molar-refractivity contribution >= 4 is 23.9 Å². The molecule has 0 aromatic rings. The van der Waals surface area contributed by atoms with Gasteiger partial charge in [-0.15, -0.1) is 19.7 Å². The van der Waals surface area contributed by atoms with Crippen LogP contribution in [0.15, 0.2) is 50.6 Å². The van der Waals surface area contributed by atoms with E-state index in [4.69, 9.17) is 42.6 Å². The predicted molar refractivity (Wildman–Crippen MR) is 326 cm³/mol. The van der Waals surface area contributed by atoms with Crippen molar-refractivity contribution in [3.05, 3.63) is 50.6 Å². The van der Waals surface area contributed by atoms with Crippen molar-refractivity contribution in [1.29, 1.82) is 0 Å². The quantitative estimate of drug-likeness (QED) is 0.0130. The van der Waals surface area contributed by atoms with E-state index in [1.165, 1.54) is 0 Å². The lowest BCUT2D eigenvalue weighted by Gasteiger charge is -2.42. The number of hydrogen-bond donors (Lipinski definition) is 3. The second kappa shape index (κ2) is 53.9. The van der Waals surface area contributed by atoms with Gasteiger partial charge < -0.3 is 52.4 Å². The molecule has 476 valence electrons. The Morgan fingerprint density at radius 2 is 0.841 bits per heavy atom. The number of carbonyl (C=O) groups is 4. The highest BCUT2D eigenvalue weighted by Gasteiger charge is 2.31. The van der Waals surface area contributed by atoms with Gasteiger partial charge in [0.15, 0.2) is 0 Å². The Kier molecular flexibility index (Phi) is 50.2. The van der Waals surface area contributed by atoms with Gasteiger partial charge in [-0.25, -0.2) is 9.59 Å². The van der Waals surface area contributed by atoms with Crippen LogP contribution in [-0.4, -0.2) is 191 Å². The van der Waals surface area contributed by atoms with Gasteiger partial charge in [0.05, 0.1) is 93.0 Å². The minimum atomic E-state index is -0.553. The van der Waals surface area contributed by atoms with E-state index in [0.717, 1.165) is 167 Å². The number of amides is 2. The van der Waals surface area contributed by atoms with Crippen LogP contribution in [0, 0.1) is 10.8 Å². The van der Waals surface area contributed by atoms with Crippen LogP contribution in [-0.2, 0) is 57.0 Å². The molecule has 0 bridgehead atoms. The first-order valence-corrected chi connectivity index (χ1v) is 31.3. The molecule has 0 aromatic carbocycles. The molecule has 3 N–H and O–H groups in total. The zero-order chi connectivity index (χ0) is 59.9. The molecular weight excluding hydrogens is 1050 g/mol. The fraction of sp³-hybridized carbons (Fsp3) is 0.810. The Bertz CT molecular complexity index is 1610. The van der Waals surface area contributed by atoms with E-state index in [1.807, 2.05) is 0 Å². The maximum absolute atomic E-state index is 13.8. The lowest BCUT2D eigenvalue weighted by molar-refractivity contribution is -0.149. The number of carbonyl (C=O) groups excluding carboxylic acids is 4. The summed E-state index contributed by atoms with van der Waals surface area (Å²) in [7, 11) is 0. The second-order valence-electron chi connectivity index (χ2n) is 21.7. The molecule has 0 atom stereocenters. The third-order valence-corrected chi connectivity index (χ3v) is 14.7. The van der Waals surface area contributed by atoms with E-state index in [2.05, 4.69) is 77.7 Å². The van der Waals surface area contributed by atoms with Crippen LogP contribution in [0.25, 0.3) is 0 Å². The van der Waals surface area contributed by atoms with Crippen molar-refractivity contribution in [3.8, 4) is 0 Å². The smallest absolute Gasteiger partial charge is 0.330 e. The first-order valence-electron chi connectivity index (χ1n) is 31.3. The van der Waals surface area contributed by atoms with Gasteiger partial charge in [-0.2, -0.15) is 0 Å². The van der Waals surface area contributed by atoms with E-state index in [9.17, 15) is 19.2 Å². The van der Waals surface area contributed by atoms with E-state index < -0.39 is 5.97 Å². The largest absolute Gasteiger partial charge is 0.466 e. The summed E-state index contributed by atoms with van der Waals surface area (Å²) in [6.45, 7) is 34.9. The molecule has 1 saturated heterocycles. The highest BCUT2D eigenvalue weighted by atomic mass is 16.6. The summed E-state index contributed by atoms with van der Waals surface area (Å²) in [5.41, 5.74) is -0.174. The summed E-state index contributed by atoms with van der Waals surface area (Å²) < 4.78 is 50.4. The van der Waals surface area contributed by atoms with E-state index in [1.54, 1.807) is 18.2 Å². The fourth-order valence-electron chi connectivity index (χ4n) is 9.21. The van der Waals surface area contributed by atoms with Gasteiger partial charge in [-0.1, -0.05) is 90.5 Å². The third-order valence-electron chi connectivity index (χ3n) is 14.7. The van der Waals surface area contributed by atoms with Crippen molar-refractivity contribution in [3.63, 3.8) is 0 Å². The first kappa shape index (κ1) is 76.3. The summed E-state index contributed by atoms with van der Waals surface area (Å²) in [4.78, 5) is 55.3. The normalized spacial score (nSPS) is 13.1. The Hall–Kier alpha value is -3.76. The molecule has 0 unspecified atom stereocenters. The molecule has 19 heteroatoms. The van der Waals surface area contributed by atoms with Crippen LogP contribution in [0.2, 0.25) is 0 Å². The third kappa shape index (κ3) is 41.3. The van der Waals surface area contributed by atoms with Crippen molar-refractivity contribution in [2.45, 2.75) is 168 Å². The molecule has 2 amide bonds. The zero-order valence-corrected chi connectivity index (χ0v) is 51.8. The van der Waals surface area contributed by atoms with Crippen molar-refractivity contribution in [2.75, 3.05) is 152 Å². The van der Waals surface area contributed by atoms with Gasteiger partial charge in [0.25, 0.3) is 0 Å². The van der Waals surface area contributed by atoms with Crippen molar-refractivity contribution in [2.24, 2.45) is 10.8 Å². The molecule has 19 nitrogen and oxygen atoms in total. The molecule has 0 aromatic heterocycles. The van der Waals surface area contributed by atoms with Gasteiger partial charge >= 0.3 is 23.9 Å².